The van der Waals surface area contributed by atoms with E-state index in [0.717, 1.165) is 22.8 Å². The smallest absolute Gasteiger partial charge is 0.171 e. The van der Waals surface area contributed by atoms with Gasteiger partial charge in [0.1, 0.15) is 17.3 Å². The molecule has 2 rings (SSSR count). The van der Waals surface area contributed by atoms with E-state index in [-0.39, 0.29) is 12.1 Å². The molecule has 0 aliphatic heterocycles. The van der Waals surface area contributed by atoms with Crippen molar-refractivity contribution in [1.29, 1.82) is 0 Å². The van der Waals surface area contributed by atoms with E-state index in [1.807, 2.05) is 50.2 Å². The number of benzene rings is 1. The first-order valence-electron chi connectivity index (χ1n) is 6.66. The number of methoxy groups -OCH3 is 1. The van der Waals surface area contributed by atoms with E-state index in [1.165, 1.54) is 0 Å². The third-order valence-electron chi connectivity index (χ3n) is 2.99. The number of aryl methyl sites for hydroxylation is 1. The van der Waals surface area contributed by atoms with Crippen LogP contribution in [0.25, 0.3) is 0 Å². The lowest BCUT2D eigenvalue weighted by molar-refractivity contribution is 0.150. The lowest BCUT2D eigenvalue weighted by Gasteiger charge is -2.21. The van der Waals surface area contributed by atoms with Gasteiger partial charge in [-0.05, 0) is 43.7 Å². The molecule has 0 saturated carbocycles. The first-order chi connectivity index (χ1) is 9.60. The molecule has 108 valence electrons. The molecule has 4 nitrogen and oxygen atoms in total. The summed E-state index contributed by atoms with van der Waals surface area (Å²) in [6.45, 7) is 4.36. The SMILES string of the molecule is COCc1cccc(OC(c2ccc(C)o2)C(C)N)c1. The van der Waals surface area contributed by atoms with Crippen molar-refractivity contribution in [2.24, 2.45) is 5.73 Å². The Morgan fingerprint density at radius 2 is 2.05 bits per heavy atom. The summed E-state index contributed by atoms with van der Waals surface area (Å²) in [5.41, 5.74) is 7.07. The van der Waals surface area contributed by atoms with E-state index in [0.29, 0.717) is 6.61 Å². The van der Waals surface area contributed by atoms with Crippen LogP contribution in [-0.2, 0) is 11.3 Å². The van der Waals surface area contributed by atoms with Crippen LogP contribution in [0, 0.1) is 6.92 Å². The Morgan fingerprint density at radius 3 is 2.65 bits per heavy atom. The van der Waals surface area contributed by atoms with Crippen molar-refractivity contribution < 1.29 is 13.9 Å². The molecule has 0 saturated heterocycles. The number of hydrogen-bond acceptors (Lipinski definition) is 4. The highest BCUT2D eigenvalue weighted by atomic mass is 16.5. The van der Waals surface area contributed by atoms with Gasteiger partial charge in [0.15, 0.2) is 6.10 Å². The van der Waals surface area contributed by atoms with Gasteiger partial charge in [-0.1, -0.05) is 12.1 Å². The molecule has 2 N–H and O–H groups in total. The number of hydrogen-bond donors (Lipinski definition) is 1. The monoisotopic (exact) mass is 275 g/mol. The van der Waals surface area contributed by atoms with Gasteiger partial charge in [-0.3, -0.25) is 0 Å². The normalized spacial score (nSPS) is 14.0. The molecule has 2 aromatic rings. The van der Waals surface area contributed by atoms with Crippen LogP contribution in [-0.4, -0.2) is 13.2 Å². The molecule has 0 fully saturated rings. The first-order valence-corrected chi connectivity index (χ1v) is 6.66. The van der Waals surface area contributed by atoms with Crippen molar-refractivity contribution in [2.75, 3.05) is 7.11 Å². The number of rotatable bonds is 6. The molecule has 2 unspecified atom stereocenters. The van der Waals surface area contributed by atoms with Crippen molar-refractivity contribution in [2.45, 2.75) is 32.6 Å². The average Bonchev–Trinajstić information content (AvgIpc) is 2.83. The highest BCUT2D eigenvalue weighted by Gasteiger charge is 2.21. The van der Waals surface area contributed by atoms with Crippen LogP contribution >= 0.6 is 0 Å². The molecule has 1 aromatic carbocycles. The van der Waals surface area contributed by atoms with Crippen molar-refractivity contribution in [1.82, 2.24) is 0 Å². The van der Waals surface area contributed by atoms with E-state index in [4.69, 9.17) is 19.6 Å². The molecule has 0 aliphatic rings. The van der Waals surface area contributed by atoms with E-state index in [1.54, 1.807) is 7.11 Å². The zero-order valence-electron chi connectivity index (χ0n) is 12.1. The molecular weight excluding hydrogens is 254 g/mol. The van der Waals surface area contributed by atoms with E-state index in [2.05, 4.69) is 0 Å². The van der Waals surface area contributed by atoms with Gasteiger partial charge in [0, 0.05) is 13.2 Å². The van der Waals surface area contributed by atoms with E-state index in [9.17, 15) is 0 Å². The molecule has 4 heteroatoms. The minimum atomic E-state index is -0.304. The highest BCUT2D eigenvalue weighted by Crippen LogP contribution is 2.26. The minimum Gasteiger partial charge on any atom is -0.481 e. The Bertz CT molecular complexity index is 548. The topological polar surface area (TPSA) is 57.6 Å². The summed E-state index contributed by atoms with van der Waals surface area (Å²) < 4.78 is 16.7. The molecule has 2 atom stereocenters. The summed E-state index contributed by atoms with van der Waals surface area (Å²) in [5.74, 6) is 2.35. The van der Waals surface area contributed by atoms with Gasteiger partial charge < -0.3 is 19.6 Å². The summed E-state index contributed by atoms with van der Waals surface area (Å²) in [6, 6.07) is 11.4. The maximum absolute atomic E-state index is 6.01. The Balaban J connectivity index is 2.18. The quantitative estimate of drug-likeness (QED) is 0.879. The van der Waals surface area contributed by atoms with Gasteiger partial charge in [0.2, 0.25) is 0 Å². The second-order valence-electron chi connectivity index (χ2n) is 4.93. The van der Waals surface area contributed by atoms with Crippen molar-refractivity contribution >= 4 is 0 Å². The standard InChI is InChI=1S/C16H21NO3/c1-11-7-8-15(19-11)16(12(2)17)20-14-6-4-5-13(9-14)10-18-3/h4-9,12,16H,10,17H2,1-3H3. The fraction of sp³-hybridized carbons (Fsp3) is 0.375. The van der Waals surface area contributed by atoms with Gasteiger partial charge in [-0.15, -0.1) is 0 Å². The van der Waals surface area contributed by atoms with Crippen LogP contribution in [0.1, 0.15) is 30.1 Å². The molecule has 20 heavy (non-hydrogen) atoms. The van der Waals surface area contributed by atoms with Crippen molar-refractivity contribution in [3.63, 3.8) is 0 Å². The maximum atomic E-state index is 6.01. The molecule has 0 spiro atoms. The Hall–Kier alpha value is -1.78. The largest absolute Gasteiger partial charge is 0.481 e. The van der Waals surface area contributed by atoms with Crippen LogP contribution in [0.15, 0.2) is 40.8 Å². The van der Waals surface area contributed by atoms with Gasteiger partial charge in [-0.25, -0.2) is 0 Å². The fourth-order valence-corrected chi connectivity index (χ4v) is 2.05. The lowest BCUT2D eigenvalue weighted by atomic mass is 10.1. The zero-order chi connectivity index (χ0) is 14.5. The van der Waals surface area contributed by atoms with Crippen LogP contribution in [0.5, 0.6) is 5.75 Å². The predicted molar refractivity (Wildman–Crippen MR) is 77.6 cm³/mol. The number of nitrogens with two attached hydrogens (primary N) is 1. The summed E-state index contributed by atoms with van der Waals surface area (Å²) >= 11 is 0. The van der Waals surface area contributed by atoms with Gasteiger partial charge in [0.25, 0.3) is 0 Å². The molecular formula is C16H21NO3. The third-order valence-corrected chi connectivity index (χ3v) is 2.99. The van der Waals surface area contributed by atoms with Crippen LogP contribution in [0.4, 0.5) is 0 Å². The molecule has 0 bridgehead atoms. The Morgan fingerprint density at radius 1 is 1.25 bits per heavy atom. The van der Waals surface area contributed by atoms with Crippen LogP contribution in [0.2, 0.25) is 0 Å². The second kappa shape index (κ2) is 6.59. The molecule has 0 radical (unpaired) electrons. The molecule has 1 heterocycles. The molecule has 0 aliphatic carbocycles. The predicted octanol–water partition coefficient (Wildman–Crippen LogP) is 3.20. The fourth-order valence-electron chi connectivity index (χ4n) is 2.05. The lowest BCUT2D eigenvalue weighted by Crippen LogP contribution is -2.28. The summed E-state index contributed by atoms with van der Waals surface area (Å²) in [4.78, 5) is 0. The van der Waals surface area contributed by atoms with Crippen molar-refractivity contribution in [3.05, 3.63) is 53.5 Å². The van der Waals surface area contributed by atoms with Crippen LogP contribution in [0.3, 0.4) is 0 Å². The van der Waals surface area contributed by atoms with Gasteiger partial charge in [-0.2, -0.15) is 0 Å². The molecule has 1 aromatic heterocycles. The third kappa shape index (κ3) is 3.62. The van der Waals surface area contributed by atoms with Gasteiger partial charge >= 0.3 is 0 Å². The van der Waals surface area contributed by atoms with Crippen LogP contribution < -0.4 is 10.5 Å². The molecule has 0 amide bonds. The number of furan rings is 1. The second-order valence-corrected chi connectivity index (χ2v) is 4.93. The average molecular weight is 275 g/mol. The van der Waals surface area contributed by atoms with E-state index < -0.39 is 0 Å². The van der Waals surface area contributed by atoms with Gasteiger partial charge in [0.05, 0.1) is 6.61 Å². The zero-order valence-corrected chi connectivity index (χ0v) is 12.1. The Labute approximate surface area is 119 Å². The first kappa shape index (κ1) is 14.6. The number of ether oxygens (including phenoxy) is 2. The maximum Gasteiger partial charge on any atom is 0.171 e. The summed E-state index contributed by atoms with van der Waals surface area (Å²) in [7, 11) is 1.67. The highest BCUT2D eigenvalue weighted by molar-refractivity contribution is 5.29. The summed E-state index contributed by atoms with van der Waals surface area (Å²) in [5, 5.41) is 0. The van der Waals surface area contributed by atoms with E-state index >= 15 is 0 Å². The summed E-state index contributed by atoms with van der Waals surface area (Å²) in [6.07, 6.45) is -0.304. The Kier molecular flexibility index (Phi) is 4.82. The van der Waals surface area contributed by atoms with Crippen molar-refractivity contribution in [3.8, 4) is 5.75 Å². The minimum absolute atomic E-state index is 0.174.